The van der Waals surface area contributed by atoms with Crippen molar-refractivity contribution in [1.82, 2.24) is 9.78 Å². The molecular formula is C8H9ClN2O2. The second kappa shape index (κ2) is 3.62. The molecule has 1 heterocycles. The van der Waals surface area contributed by atoms with E-state index < -0.39 is 5.97 Å². The van der Waals surface area contributed by atoms with Gasteiger partial charge in [-0.2, -0.15) is 5.10 Å². The van der Waals surface area contributed by atoms with Gasteiger partial charge in [0.15, 0.2) is 0 Å². The molecule has 1 N–H and O–H groups in total. The summed E-state index contributed by atoms with van der Waals surface area (Å²) in [6, 6.07) is 0. The van der Waals surface area contributed by atoms with Gasteiger partial charge in [0.1, 0.15) is 0 Å². The fraction of sp³-hybridized carbons (Fsp3) is 0.250. The van der Waals surface area contributed by atoms with Crippen molar-refractivity contribution >= 4 is 17.6 Å². The summed E-state index contributed by atoms with van der Waals surface area (Å²) in [5.41, 5.74) is 0.826. The van der Waals surface area contributed by atoms with E-state index >= 15 is 0 Å². The monoisotopic (exact) mass is 200 g/mol. The van der Waals surface area contributed by atoms with Crippen LogP contribution >= 0.6 is 11.6 Å². The molecule has 0 unspecified atom stereocenters. The highest BCUT2D eigenvalue weighted by Gasteiger charge is 2.08. The van der Waals surface area contributed by atoms with E-state index in [1.807, 2.05) is 0 Å². The number of hydrogen-bond donors (Lipinski definition) is 1. The van der Waals surface area contributed by atoms with Gasteiger partial charge in [-0.05, 0) is 6.92 Å². The molecule has 4 nitrogen and oxygen atoms in total. The smallest absolute Gasteiger partial charge is 0.332 e. The number of hydrogen-bond acceptors (Lipinski definition) is 2. The summed E-state index contributed by atoms with van der Waals surface area (Å²) in [5.74, 6) is -1.02. The third-order valence-corrected chi connectivity index (χ3v) is 2.06. The van der Waals surface area contributed by atoms with Crippen molar-refractivity contribution in [2.75, 3.05) is 0 Å². The molecule has 1 aromatic heterocycles. The van der Waals surface area contributed by atoms with E-state index in [-0.39, 0.29) is 12.1 Å². The van der Waals surface area contributed by atoms with Gasteiger partial charge in [0, 0.05) is 0 Å². The number of aromatic nitrogens is 2. The first kappa shape index (κ1) is 9.80. The summed E-state index contributed by atoms with van der Waals surface area (Å²) in [6.45, 7) is 5.33. The molecule has 0 saturated carbocycles. The van der Waals surface area contributed by atoms with Crippen molar-refractivity contribution in [3.63, 3.8) is 0 Å². The third kappa shape index (κ3) is 2.09. The summed E-state index contributed by atoms with van der Waals surface area (Å²) >= 11 is 5.73. The van der Waals surface area contributed by atoms with Crippen molar-refractivity contribution in [2.24, 2.45) is 0 Å². The van der Waals surface area contributed by atoms with E-state index in [1.54, 1.807) is 6.92 Å². The number of nitrogens with zero attached hydrogens (tertiary/aromatic N) is 2. The molecule has 0 aliphatic heterocycles. The zero-order valence-electron chi connectivity index (χ0n) is 7.12. The maximum absolute atomic E-state index is 10.4. The molecule has 0 bridgehead atoms. The Bertz CT molecular complexity index is 357. The van der Waals surface area contributed by atoms with E-state index in [1.165, 1.54) is 10.9 Å². The SMILES string of the molecule is C=C(Cn1ncc(Cl)c1C)C(=O)O. The van der Waals surface area contributed by atoms with Crippen LogP contribution in [0.2, 0.25) is 5.02 Å². The Labute approximate surface area is 80.4 Å². The molecular weight excluding hydrogens is 192 g/mol. The van der Waals surface area contributed by atoms with Crippen molar-refractivity contribution in [2.45, 2.75) is 13.5 Å². The van der Waals surface area contributed by atoms with E-state index in [9.17, 15) is 4.79 Å². The van der Waals surface area contributed by atoms with Gasteiger partial charge >= 0.3 is 5.97 Å². The van der Waals surface area contributed by atoms with Crippen molar-refractivity contribution in [1.29, 1.82) is 0 Å². The summed E-state index contributed by atoms with van der Waals surface area (Å²) in [7, 11) is 0. The molecule has 13 heavy (non-hydrogen) atoms. The lowest BCUT2D eigenvalue weighted by Crippen LogP contribution is -2.10. The van der Waals surface area contributed by atoms with Crippen LogP contribution in [-0.4, -0.2) is 20.9 Å². The van der Waals surface area contributed by atoms with Gasteiger partial charge in [-0.15, -0.1) is 0 Å². The molecule has 0 fully saturated rings. The fourth-order valence-electron chi connectivity index (χ4n) is 0.832. The average molecular weight is 201 g/mol. The van der Waals surface area contributed by atoms with Crippen molar-refractivity contribution < 1.29 is 9.90 Å². The Kier molecular flexibility index (Phi) is 2.72. The lowest BCUT2D eigenvalue weighted by atomic mass is 10.3. The molecule has 0 aliphatic rings. The van der Waals surface area contributed by atoms with Crippen LogP contribution in [0.4, 0.5) is 0 Å². The second-order valence-electron chi connectivity index (χ2n) is 2.64. The fourth-order valence-corrected chi connectivity index (χ4v) is 0.973. The van der Waals surface area contributed by atoms with Gasteiger partial charge < -0.3 is 5.11 Å². The highest BCUT2D eigenvalue weighted by Crippen LogP contribution is 2.14. The number of carboxylic acid groups (broad SMARTS) is 1. The zero-order valence-corrected chi connectivity index (χ0v) is 7.88. The van der Waals surface area contributed by atoms with Crippen molar-refractivity contribution in [3.8, 4) is 0 Å². The predicted molar refractivity (Wildman–Crippen MR) is 48.7 cm³/mol. The molecule has 5 heteroatoms. The molecule has 1 aromatic rings. The van der Waals surface area contributed by atoms with Gasteiger partial charge in [0.05, 0.1) is 29.0 Å². The molecule has 0 saturated heterocycles. The molecule has 70 valence electrons. The maximum atomic E-state index is 10.4. The van der Waals surface area contributed by atoms with Gasteiger partial charge in [0.25, 0.3) is 0 Å². The number of halogens is 1. The first-order chi connectivity index (χ1) is 6.02. The Hall–Kier alpha value is -1.29. The van der Waals surface area contributed by atoms with E-state index in [0.717, 1.165) is 5.69 Å². The Morgan fingerprint density at radius 3 is 2.85 bits per heavy atom. The number of carboxylic acids is 1. The predicted octanol–water partition coefficient (Wildman–Crippen LogP) is 1.49. The Balaban J connectivity index is 2.81. The van der Waals surface area contributed by atoms with E-state index in [0.29, 0.717) is 5.02 Å². The molecule has 0 aliphatic carbocycles. The van der Waals surface area contributed by atoms with Crippen LogP contribution in [0, 0.1) is 6.92 Å². The molecule has 0 spiro atoms. The van der Waals surface area contributed by atoms with Crippen LogP contribution in [0.1, 0.15) is 5.69 Å². The van der Waals surface area contributed by atoms with Gasteiger partial charge in [-0.1, -0.05) is 18.2 Å². The van der Waals surface area contributed by atoms with Crippen LogP contribution in [0.25, 0.3) is 0 Å². The van der Waals surface area contributed by atoms with E-state index in [2.05, 4.69) is 11.7 Å². The molecule has 1 rings (SSSR count). The average Bonchev–Trinajstić information content (AvgIpc) is 2.36. The normalized spacial score (nSPS) is 10.0. The quantitative estimate of drug-likeness (QED) is 0.753. The lowest BCUT2D eigenvalue weighted by molar-refractivity contribution is -0.132. The highest BCUT2D eigenvalue weighted by molar-refractivity contribution is 6.31. The second-order valence-corrected chi connectivity index (χ2v) is 3.05. The Morgan fingerprint density at radius 2 is 2.46 bits per heavy atom. The van der Waals surface area contributed by atoms with Gasteiger partial charge in [0.2, 0.25) is 0 Å². The summed E-state index contributed by atoms with van der Waals surface area (Å²) < 4.78 is 1.50. The van der Waals surface area contributed by atoms with Crippen LogP contribution in [0.3, 0.4) is 0 Å². The van der Waals surface area contributed by atoms with Crippen LogP contribution in [-0.2, 0) is 11.3 Å². The number of carbonyl (C=O) groups is 1. The van der Waals surface area contributed by atoms with Crippen LogP contribution < -0.4 is 0 Å². The first-order valence-electron chi connectivity index (χ1n) is 3.61. The molecule has 0 atom stereocenters. The van der Waals surface area contributed by atoms with Gasteiger partial charge in [-0.25, -0.2) is 4.79 Å². The summed E-state index contributed by atoms with van der Waals surface area (Å²) in [4.78, 5) is 10.4. The maximum Gasteiger partial charge on any atom is 0.332 e. The minimum atomic E-state index is -1.02. The lowest BCUT2D eigenvalue weighted by Gasteiger charge is -2.03. The number of aliphatic carboxylic acids is 1. The summed E-state index contributed by atoms with van der Waals surface area (Å²) in [5, 5.41) is 13.0. The van der Waals surface area contributed by atoms with Crippen molar-refractivity contribution in [3.05, 3.63) is 29.1 Å². The van der Waals surface area contributed by atoms with Gasteiger partial charge in [-0.3, -0.25) is 4.68 Å². The van der Waals surface area contributed by atoms with Crippen LogP contribution in [0.15, 0.2) is 18.3 Å². The Morgan fingerprint density at radius 1 is 1.85 bits per heavy atom. The highest BCUT2D eigenvalue weighted by atomic mass is 35.5. The molecule has 0 amide bonds. The van der Waals surface area contributed by atoms with E-state index in [4.69, 9.17) is 16.7 Å². The standard InChI is InChI=1S/C8H9ClN2O2/c1-5(8(12)13)4-11-6(2)7(9)3-10-11/h3H,1,4H2,2H3,(H,12,13). The topological polar surface area (TPSA) is 55.1 Å². The number of rotatable bonds is 3. The molecule has 0 radical (unpaired) electrons. The van der Waals surface area contributed by atoms with Crippen LogP contribution in [0.5, 0.6) is 0 Å². The summed E-state index contributed by atoms with van der Waals surface area (Å²) in [6.07, 6.45) is 1.48. The molecule has 0 aromatic carbocycles. The minimum absolute atomic E-state index is 0.0860. The zero-order chi connectivity index (χ0) is 10.0. The first-order valence-corrected chi connectivity index (χ1v) is 3.99. The third-order valence-electron chi connectivity index (χ3n) is 1.69. The minimum Gasteiger partial charge on any atom is -0.478 e. The largest absolute Gasteiger partial charge is 0.478 e.